The van der Waals surface area contributed by atoms with E-state index in [0.717, 1.165) is 24.8 Å². The largest absolute Gasteiger partial charge is 0.478 e. The van der Waals surface area contributed by atoms with E-state index in [1.807, 2.05) is 0 Å². The van der Waals surface area contributed by atoms with E-state index in [2.05, 4.69) is 36.2 Å². The minimum absolute atomic E-state index is 0.754. The van der Waals surface area contributed by atoms with Crippen LogP contribution in [0.15, 0.2) is 34.2 Å². The third kappa shape index (κ3) is 2.51. The van der Waals surface area contributed by atoms with Gasteiger partial charge in [-0.05, 0) is 19.1 Å². The van der Waals surface area contributed by atoms with Gasteiger partial charge in [0.15, 0.2) is 5.90 Å². The van der Waals surface area contributed by atoms with Gasteiger partial charge in [-0.1, -0.05) is 17.7 Å². The summed E-state index contributed by atoms with van der Waals surface area (Å²) in [5.74, 6) is 1.74. The zero-order valence-electron chi connectivity index (χ0n) is 8.19. The summed E-state index contributed by atoms with van der Waals surface area (Å²) in [7, 11) is 0. The third-order valence-electron chi connectivity index (χ3n) is 2.03. The molecule has 1 aromatic rings. The molecule has 0 unspecified atom stereocenters. The van der Waals surface area contributed by atoms with Gasteiger partial charge in [0.2, 0.25) is 0 Å². The predicted molar refractivity (Wildman–Crippen MR) is 60.2 cm³/mol. The molecule has 0 aliphatic carbocycles. The second-order valence-corrected chi connectivity index (χ2v) is 4.27. The molecule has 1 aromatic carbocycles. The Labute approximate surface area is 88.4 Å². The van der Waals surface area contributed by atoms with Crippen LogP contribution < -0.4 is 0 Å². The summed E-state index contributed by atoms with van der Waals surface area (Å²) in [4.78, 5) is 5.51. The smallest absolute Gasteiger partial charge is 0.194 e. The van der Waals surface area contributed by atoms with E-state index in [1.54, 1.807) is 11.8 Å². The monoisotopic (exact) mass is 207 g/mol. The van der Waals surface area contributed by atoms with Crippen molar-refractivity contribution in [2.45, 2.75) is 11.8 Å². The molecule has 2 rings (SSSR count). The van der Waals surface area contributed by atoms with Gasteiger partial charge < -0.3 is 4.74 Å². The summed E-state index contributed by atoms with van der Waals surface area (Å²) >= 11 is 1.77. The van der Waals surface area contributed by atoms with Crippen LogP contribution in [0.3, 0.4) is 0 Å². The molecule has 1 heterocycles. The fourth-order valence-corrected chi connectivity index (χ4v) is 2.04. The highest BCUT2D eigenvalue weighted by Crippen LogP contribution is 2.19. The topological polar surface area (TPSA) is 21.6 Å². The fourth-order valence-electron chi connectivity index (χ4n) is 1.25. The maximum absolute atomic E-state index is 5.33. The Hall–Kier alpha value is -0.960. The first kappa shape index (κ1) is 9.59. The van der Waals surface area contributed by atoms with Crippen LogP contribution in [0.4, 0.5) is 0 Å². The Kier molecular flexibility index (Phi) is 3.09. The Morgan fingerprint density at radius 3 is 2.79 bits per heavy atom. The molecular weight excluding hydrogens is 194 g/mol. The quantitative estimate of drug-likeness (QED) is 0.710. The van der Waals surface area contributed by atoms with Gasteiger partial charge in [-0.3, -0.25) is 4.99 Å². The molecule has 0 aromatic heterocycles. The standard InChI is InChI=1S/C11H13NOS/c1-9-2-4-10(5-3-9)14-8-11-12-6-7-13-11/h2-5H,6-8H2,1H3. The van der Waals surface area contributed by atoms with Crippen LogP contribution in [0, 0.1) is 6.92 Å². The van der Waals surface area contributed by atoms with Crippen LogP contribution in [-0.4, -0.2) is 24.8 Å². The second kappa shape index (κ2) is 4.51. The number of hydrogen-bond donors (Lipinski definition) is 0. The molecule has 0 saturated heterocycles. The molecule has 0 bridgehead atoms. The third-order valence-corrected chi connectivity index (χ3v) is 3.03. The zero-order chi connectivity index (χ0) is 9.80. The Bertz CT molecular complexity index is 332. The molecule has 2 nitrogen and oxygen atoms in total. The van der Waals surface area contributed by atoms with E-state index in [-0.39, 0.29) is 0 Å². The summed E-state index contributed by atoms with van der Waals surface area (Å²) in [6.45, 7) is 3.67. The Morgan fingerprint density at radius 2 is 2.14 bits per heavy atom. The van der Waals surface area contributed by atoms with Gasteiger partial charge in [0.05, 0.1) is 12.3 Å². The zero-order valence-corrected chi connectivity index (χ0v) is 9.01. The first-order valence-corrected chi connectivity index (χ1v) is 5.69. The number of hydrogen-bond acceptors (Lipinski definition) is 3. The van der Waals surface area contributed by atoms with Gasteiger partial charge in [0, 0.05) is 4.90 Å². The van der Waals surface area contributed by atoms with Gasteiger partial charge in [-0.25, -0.2) is 0 Å². The lowest BCUT2D eigenvalue weighted by Crippen LogP contribution is -2.01. The van der Waals surface area contributed by atoms with Crippen molar-refractivity contribution in [1.82, 2.24) is 0 Å². The molecule has 0 N–H and O–H groups in total. The van der Waals surface area contributed by atoms with Crippen molar-refractivity contribution in [1.29, 1.82) is 0 Å². The maximum atomic E-state index is 5.33. The molecule has 0 fully saturated rings. The SMILES string of the molecule is Cc1ccc(SCC2=NCCO2)cc1. The van der Waals surface area contributed by atoms with E-state index in [1.165, 1.54) is 10.5 Å². The van der Waals surface area contributed by atoms with E-state index in [9.17, 15) is 0 Å². The molecule has 3 heteroatoms. The molecule has 0 saturated carbocycles. The molecule has 0 amide bonds. The average molecular weight is 207 g/mol. The van der Waals surface area contributed by atoms with Crippen molar-refractivity contribution in [3.63, 3.8) is 0 Å². The predicted octanol–water partition coefficient (Wildman–Crippen LogP) is 2.52. The normalized spacial score (nSPS) is 15.1. The van der Waals surface area contributed by atoms with Crippen molar-refractivity contribution >= 4 is 17.7 Å². The van der Waals surface area contributed by atoms with E-state index in [0.29, 0.717) is 0 Å². The lowest BCUT2D eigenvalue weighted by molar-refractivity contribution is 0.346. The van der Waals surface area contributed by atoms with Gasteiger partial charge in [0.25, 0.3) is 0 Å². The van der Waals surface area contributed by atoms with Gasteiger partial charge in [0.1, 0.15) is 6.61 Å². The minimum Gasteiger partial charge on any atom is -0.478 e. The fraction of sp³-hybridized carbons (Fsp3) is 0.364. The van der Waals surface area contributed by atoms with Crippen molar-refractivity contribution < 1.29 is 4.74 Å². The summed E-state index contributed by atoms with van der Waals surface area (Å²) in [6.07, 6.45) is 0. The molecule has 1 aliphatic rings. The number of thioether (sulfide) groups is 1. The number of aliphatic imine (C=N–C) groups is 1. The van der Waals surface area contributed by atoms with E-state index < -0.39 is 0 Å². The second-order valence-electron chi connectivity index (χ2n) is 3.23. The number of nitrogens with zero attached hydrogens (tertiary/aromatic N) is 1. The minimum atomic E-state index is 0.754. The number of benzene rings is 1. The van der Waals surface area contributed by atoms with Crippen LogP contribution in [0.5, 0.6) is 0 Å². The van der Waals surface area contributed by atoms with Crippen molar-refractivity contribution in [2.75, 3.05) is 18.9 Å². The van der Waals surface area contributed by atoms with E-state index in [4.69, 9.17) is 4.74 Å². The number of aryl methyl sites for hydroxylation is 1. The lowest BCUT2D eigenvalue weighted by Gasteiger charge is -2.02. The summed E-state index contributed by atoms with van der Waals surface area (Å²) in [5, 5.41) is 0. The van der Waals surface area contributed by atoms with Crippen LogP contribution in [0.1, 0.15) is 5.56 Å². The van der Waals surface area contributed by atoms with Gasteiger partial charge in [-0.15, -0.1) is 11.8 Å². The van der Waals surface area contributed by atoms with Crippen LogP contribution in [0.25, 0.3) is 0 Å². The summed E-state index contributed by atoms with van der Waals surface area (Å²) in [5.41, 5.74) is 1.30. The lowest BCUT2D eigenvalue weighted by atomic mass is 10.2. The highest BCUT2D eigenvalue weighted by atomic mass is 32.2. The van der Waals surface area contributed by atoms with Crippen molar-refractivity contribution in [3.8, 4) is 0 Å². The Balaban J connectivity index is 1.88. The number of ether oxygens (including phenoxy) is 1. The summed E-state index contributed by atoms with van der Waals surface area (Å²) in [6, 6.07) is 8.52. The highest BCUT2D eigenvalue weighted by molar-refractivity contribution is 8.00. The molecule has 1 aliphatic heterocycles. The molecule has 14 heavy (non-hydrogen) atoms. The van der Waals surface area contributed by atoms with Crippen molar-refractivity contribution in [3.05, 3.63) is 29.8 Å². The van der Waals surface area contributed by atoms with Crippen molar-refractivity contribution in [2.24, 2.45) is 4.99 Å². The van der Waals surface area contributed by atoms with Crippen LogP contribution in [-0.2, 0) is 4.74 Å². The van der Waals surface area contributed by atoms with Crippen LogP contribution >= 0.6 is 11.8 Å². The summed E-state index contributed by atoms with van der Waals surface area (Å²) < 4.78 is 5.33. The molecule has 74 valence electrons. The maximum Gasteiger partial charge on any atom is 0.194 e. The van der Waals surface area contributed by atoms with E-state index >= 15 is 0 Å². The molecule has 0 radical (unpaired) electrons. The van der Waals surface area contributed by atoms with Gasteiger partial charge in [-0.2, -0.15) is 0 Å². The first-order chi connectivity index (χ1) is 6.84. The molecule has 0 spiro atoms. The van der Waals surface area contributed by atoms with Gasteiger partial charge >= 0.3 is 0 Å². The number of rotatable bonds is 3. The van der Waals surface area contributed by atoms with Crippen LogP contribution in [0.2, 0.25) is 0 Å². The average Bonchev–Trinajstić information content (AvgIpc) is 2.70. The first-order valence-electron chi connectivity index (χ1n) is 4.70. The molecule has 0 atom stereocenters. The Morgan fingerprint density at radius 1 is 1.36 bits per heavy atom. The highest BCUT2D eigenvalue weighted by Gasteiger charge is 2.06. The molecular formula is C11H13NOS.